The van der Waals surface area contributed by atoms with Gasteiger partial charge in [0.1, 0.15) is 12.7 Å². The van der Waals surface area contributed by atoms with Crippen LogP contribution < -0.4 is 10.6 Å². The van der Waals surface area contributed by atoms with E-state index in [4.69, 9.17) is 5.11 Å². The third-order valence-electron chi connectivity index (χ3n) is 5.69. The summed E-state index contributed by atoms with van der Waals surface area (Å²) in [4.78, 5) is 27.8. The van der Waals surface area contributed by atoms with Crippen molar-refractivity contribution in [1.82, 2.24) is 25.4 Å². The van der Waals surface area contributed by atoms with Crippen LogP contribution >= 0.6 is 0 Å². The number of hydrogen-bond donors (Lipinski definition) is 3. The van der Waals surface area contributed by atoms with Gasteiger partial charge in [0.05, 0.1) is 18.0 Å². The van der Waals surface area contributed by atoms with Crippen LogP contribution in [0.1, 0.15) is 56.2 Å². The van der Waals surface area contributed by atoms with Gasteiger partial charge in [-0.25, -0.2) is 14.5 Å². The smallest absolute Gasteiger partial charge is 0.315 e. The van der Waals surface area contributed by atoms with E-state index < -0.39 is 5.97 Å². The van der Waals surface area contributed by atoms with Crippen LogP contribution in [0, 0.1) is 12.8 Å². The first kappa shape index (κ1) is 20.8. The minimum absolute atomic E-state index is 0.00676. The predicted molar refractivity (Wildman–Crippen MR) is 108 cm³/mol. The summed E-state index contributed by atoms with van der Waals surface area (Å²) in [6.45, 7) is 4.07. The number of nitrogens with one attached hydrogen (secondary N) is 2. The van der Waals surface area contributed by atoms with Crippen LogP contribution in [0.15, 0.2) is 36.9 Å². The molecule has 0 spiro atoms. The number of carbonyl (C=O) groups excluding carboxylic acids is 1. The van der Waals surface area contributed by atoms with E-state index in [2.05, 4.69) is 32.8 Å². The number of amides is 2. The standard InChI is InChI=1S/C21H29N5O3/c1-3-18(25-21(29)24-17-10-8-16(9-11-17)20(27)28)19(26-13-22-12-23-26)15-6-4-14(2)5-7-15/h4-7,12-13,16-19H,3,8-11H2,1-2H3,(H,27,28)(H2,24,25,29). The Hall–Kier alpha value is -2.90. The van der Waals surface area contributed by atoms with Crippen LogP contribution in [-0.4, -0.2) is 44.0 Å². The van der Waals surface area contributed by atoms with Gasteiger partial charge in [0.25, 0.3) is 0 Å². The summed E-state index contributed by atoms with van der Waals surface area (Å²) in [5.41, 5.74) is 2.22. The molecule has 3 rings (SSSR count). The third kappa shape index (κ3) is 5.34. The predicted octanol–water partition coefficient (Wildman–Crippen LogP) is 2.90. The highest BCUT2D eigenvalue weighted by molar-refractivity contribution is 5.75. The molecule has 2 amide bonds. The second-order valence-corrected chi connectivity index (χ2v) is 7.75. The van der Waals surface area contributed by atoms with Crippen molar-refractivity contribution in [1.29, 1.82) is 0 Å². The van der Waals surface area contributed by atoms with E-state index in [0.29, 0.717) is 25.7 Å². The van der Waals surface area contributed by atoms with Gasteiger partial charge in [0, 0.05) is 6.04 Å². The van der Waals surface area contributed by atoms with E-state index >= 15 is 0 Å². The molecule has 156 valence electrons. The van der Waals surface area contributed by atoms with E-state index in [9.17, 15) is 9.59 Å². The van der Waals surface area contributed by atoms with Crippen molar-refractivity contribution in [2.45, 2.75) is 64.1 Å². The molecule has 1 aromatic carbocycles. The number of nitrogens with zero attached hydrogens (tertiary/aromatic N) is 3. The molecule has 1 aromatic heterocycles. The number of rotatable bonds is 7. The number of aromatic nitrogens is 3. The van der Waals surface area contributed by atoms with Crippen LogP contribution in [-0.2, 0) is 4.79 Å². The summed E-state index contributed by atoms with van der Waals surface area (Å²) in [6.07, 6.45) is 6.45. The number of carboxylic acid groups (broad SMARTS) is 1. The molecule has 2 atom stereocenters. The summed E-state index contributed by atoms with van der Waals surface area (Å²) < 4.78 is 1.77. The largest absolute Gasteiger partial charge is 0.481 e. The van der Waals surface area contributed by atoms with Crippen molar-refractivity contribution < 1.29 is 14.7 Å². The van der Waals surface area contributed by atoms with Crippen LogP contribution in [0.25, 0.3) is 0 Å². The number of aryl methyl sites for hydroxylation is 1. The Balaban J connectivity index is 1.67. The molecular weight excluding hydrogens is 370 g/mol. The Morgan fingerprint density at radius 2 is 1.90 bits per heavy atom. The molecule has 8 nitrogen and oxygen atoms in total. The van der Waals surface area contributed by atoms with Gasteiger partial charge >= 0.3 is 12.0 Å². The number of benzene rings is 1. The SMILES string of the molecule is CCC(NC(=O)NC1CCC(C(=O)O)CC1)C(c1ccc(C)cc1)n1cncn1. The van der Waals surface area contributed by atoms with Gasteiger partial charge in [0.15, 0.2) is 0 Å². The lowest BCUT2D eigenvalue weighted by Gasteiger charge is -2.30. The molecule has 29 heavy (non-hydrogen) atoms. The Bertz CT molecular complexity index is 798. The molecule has 1 aliphatic rings. The number of hydrogen-bond acceptors (Lipinski definition) is 4. The van der Waals surface area contributed by atoms with Crippen molar-refractivity contribution in [3.63, 3.8) is 0 Å². The first-order valence-corrected chi connectivity index (χ1v) is 10.2. The second kappa shape index (κ2) is 9.54. The topological polar surface area (TPSA) is 109 Å². The summed E-state index contributed by atoms with van der Waals surface area (Å²) in [5.74, 6) is -1.04. The fourth-order valence-corrected chi connectivity index (χ4v) is 3.98. The van der Waals surface area contributed by atoms with Crippen molar-refractivity contribution in [3.8, 4) is 0 Å². The zero-order chi connectivity index (χ0) is 20.8. The zero-order valence-corrected chi connectivity index (χ0v) is 16.9. The minimum atomic E-state index is -0.743. The molecule has 0 bridgehead atoms. The van der Waals surface area contributed by atoms with Crippen molar-refractivity contribution in [2.75, 3.05) is 0 Å². The molecule has 3 N–H and O–H groups in total. The van der Waals surface area contributed by atoms with Gasteiger partial charge in [-0.15, -0.1) is 0 Å². The van der Waals surface area contributed by atoms with Crippen LogP contribution in [0.3, 0.4) is 0 Å². The first-order valence-electron chi connectivity index (χ1n) is 10.2. The van der Waals surface area contributed by atoms with E-state index in [0.717, 1.165) is 12.0 Å². The fraction of sp³-hybridized carbons (Fsp3) is 0.524. The van der Waals surface area contributed by atoms with Crippen molar-refractivity contribution in [2.24, 2.45) is 5.92 Å². The Morgan fingerprint density at radius 3 is 2.45 bits per heavy atom. The van der Waals surface area contributed by atoms with Crippen LogP contribution in [0.5, 0.6) is 0 Å². The normalized spacial score (nSPS) is 21.2. The lowest BCUT2D eigenvalue weighted by atomic mass is 9.86. The molecule has 2 unspecified atom stereocenters. The minimum Gasteiger partial charge on any atom is -0.481 e. The summed E-state index contributed by atoms with van der Waals surface area (Å²) in [6, 6.07) is 7.64. The molecule has 8 heteroatoms. The average molecular weight is 399 g/mol. The Morgan fingerprint density at radius 1 is 1.21 bits per heavy atom. The molecule has 1 fully saturated rings. The lowest BCUT2D eigenvalue weighted by molar-refractivity contribution is -0.142. The van der Waals surface area contributed by atoms with E-state index in [1.807, 2.05) is 26.0 Å². The molecule has 1 aliphatic carbocycles. The lowest BCUT2D eigenvalue weighted by Crippen LogP contribution is -2.50. The average Bonchev–Trinajstić information content (AvgIpc) is 3.23. The third-order valence-corrected chi connectivity index (χ3v) is 5.69. The second-order valence-electron chi connectivity index (χ2n) is 7.75. The van der Waals surface area contributed by atoms with Gasteiger partial charge in [-0.3, -0.25) is 4.79 Å². The highest BCUT2D eigenvalue weighted by atomic mass is 16.4. The van der Waals surface area contributed by atoms with Gasteiger partial charge < -0.3 is 15.7 Å². The van der Waals surface area contributed by atoms with Gasteiger partial charge in [0.2, 0.25) is 0 Å². The maximum Gasteiger partial charge on any atom is 0.315 e. The Kier molecular flexibility index (Phi) is 6.85. The zero-order valence-electron chi connectivity index (χ0n) is 16.9. The maximum atomic E-state index is 12.7. The van der Waals surface area contributed by atoms with E-state index in [-0.39, 0.29) is 30.1 Å². The van der Waals surface area contributed by atoms with Crippen LogP contribution in [0.4, 0.5) is 4.79 Å². The van der Waals surface area contributed by atoms with E-state index in [1.54, 1.807) is 11.0 Å². The molecule has 2 aromatic rings. The number of aliphatic carboxylic acids is 1. The summed E-state index contributed by atoms with van der Waals surface area (Å²) in [5, 5.41) is 19.5. The molecule has 1 saturated carbocycles. The summed E-state index contributed by atoms with van der Waals surface area (Å²) >= 11 is 0. The number of urea groups is 1. The Labute approximate surface area is 170 Å². The van der Waals surface area contributed by atoms with Gasteiger partial charge in [-0.2, -0.15) is 5.10 Å². The molecule has 1 heterocycles. The van der Waals surface area contributed by atoms with Crippen LogP contribution in [0.2, 0.25) is 0 Å². The highest BCUT2D eigenvalue weighted by Crippen LogP contribution is 2.25. The first-order chi connectivity index (χ1) is 14.0. The number of carbonyl (C=O) groups is 2. The maximum absolute atomic E-state index is 12.7. The van der Waals surface area contributed by atoms with Gasteiger partial charge in [-0.05, 0) is 44.6 Å². The molecule has 0 saturated heterocycles. The fourth-order valence-electron chi connectivity index (χ4n) is 3.98. The molecule has 0 radical (unpaired) electrons. The van der Waals surface area contributed by atoms with Crippen molar-refractivity contribution >= 4 is 12.0 Å². The highest BCUT2D eigenvalue weighted by Gasteiger charge is 2.29. The quantitative estimate of drug-likeness (QED) is 0.663. The van der Waals surface area contributed by atoms with Crippen molar-refractivity contribution in [3.05, 3.63) is 48.0 Å². The van der Waals surface area contributed by atoms with Gasteiger partial charge in [-0.1, -0.05) is 36.8 Å². The molecular formula is C21H29N5O3. The summed E-state index contributed by atoms with van der Waals surface area (Å²) in [7, 11) is 0. The monoisotopic (exact) mass is 399 g/mol. The van der Waals surface area contributed by atoms with E-state index in [1.165, 1.54) is 11.9 Å². The number of carboxylic acids is 1. The molecule has 0 aliphatic heterocycles.